The Bertz CT molecular complexity index is 791. The summed E-state index contributed by atoms with van der Waals surface area (Å²) in [5.74, 6) is 1.42. The van der Waals surface area contributed by atoms with Gasteiger partial charge in [-0.2, -0.15) is 0 Å². The summed E-state index contributed by atoms with van der Waals surface area (Å²) in [5.41, 5.74) is 3.58. The van der Waals surface area contributed by atoms with Crippen LogP contribution in [0.15, 0.2) is 30.0 Å². The Hall–Kier alpha value is -2.30. The molecule has 0 unspecified atom stereocenters. The molecule has 1 N–H and O–H groups in total. The number of carbonyl (C=O) groups excluding carboxylic acids is 2. The molecular weight excluding hydrogens is 354 g/mol. The van der Waals surface area contributed by atoms with Gasteiger partial charge in [-0.1, -0.05) is 12.1 Å². The summed E-state index contributed by atoms with van der Waals surface area (Å²) in [6.45, 7) is 2.00. The van der Waals surface area contributed by atoms with E-state index in [0.717, 1.165) is 35.1 Å². The van der Waals surface area contributed by atoms with E-state index in [1.54, 1.807) is 0 Å². The monoisotopic (exact) mass is 383 g/mol. The Morgan fingerprint density at radius 3 is 2.18 bits per heavy atom. The number of nitrogens with one attached hydrogen (secondary N) is 1. The normalized spacial score (nSPS) is 30.8. The third-order valence-corrected chi connectivity index (χ3v) is 7.03. The lowest BCUT2D eigenvalue weighted by Gasteiger charge is -2.57. The van der Waals surface area contributed by atoms with Crippen LogP contribution in [0.2, 0.25) is 0 Å². The van der Waals surface area contributed by atoms with Crippen LogP contribution in [0.4, 0.5) is 5.69 Å². The molecule has 1 aromatic carbocycles. The summed E-state index contributed by atoms with van der Waals surface area (Å²) in [6.07, 6.45) is 9.21. The van der Waals surface area contributed by atoms with Gasteiger partial charge in [0.05, 0.1) is 20.3 Å². The summed E-state index contributed by atoms with van der Waals surface area (Å²) in [6, 6.07) is 6.55. The molecule has 150 valence electrons. The number of hydrogen-bond donors (Lipinski definition) is 1. The number of esters is 2. The van der Waals surface area contributed by atoms with Crippen LogP contribution in [0.1, 0.15) is 49.7 Å². The molecule has 4 fully saturated rings. The highest BCUT2D eigenvalue weighted by Crippen LogP contribution is 2.60. The van der Waals surface area contributed by atoms with Crippen LogP contribution in [-0.2, 0) is 24.5 Å². The Morgan fingerprint density at radius 1 is 1.04 bits per heavy atom. The molecule has 4 aliphatic carbocycles. The lowest BCUT2D eigenvalue weighted by Crippen LogP contribution is -2.48. The van der Waals surface area contributed by atoms with Gasteiger partial charge in [-0.15, -0.1) is 0 Å². The van der Waals surface area contributed by atoms with Crippen LogP contribution in [-0.4, -0.2) is 26.2 Å². The molecule has 0 aromatic heterocycles. The standard InChI is InChI=1S/C23H29NO4/c1-14-4-5-18(23-11-15-6-16(12-23)8-17(7-15)13-23)9-19(14)24-20(22(26)28-3)10-21(25)27-2/h4-5,9-10,15-17,24H,6-8,11-13H2,1-3H3/b20-10+. The van der Waals surface area contributed by atoms with Crippen LogP contribution in [0, 0.1) is 24.7 Å². The molecule has 5 nitrogen and oxygen atoms in total. The zero-order chi connectivity index (χ0) is 19.9. The maximum atomic E-state index is 12.1. The van der Waals surface area contributed by atoms with E-state index >= 15 is 0 Å². The van der Waals surface area contributed by atoms with Crippen LogP contribution < -0.4 is 5.32 Å². The van der Waals surface area contributed by atoms with E-state index in [1.165, 1.54) is 58.3 Å². The number of benzene rings is 1. The minimum Gasteiger partial charge on any atom is -0.466 e. The Morgan fingerprint density at radius 2 is 1.64 bits per heavy atom. The molecule has 5 heteroatoms. The van der Waals surface area contributed by atoms with Crippen molar-refractivity contribution in [2.45, 2.75) is 50.9 Å². The van der Waals surface area contributed by atoms with E-state index in [2.05, 4.69) is 28.3 Å². The number of carbonyl (C=O) groups is 2. The first-order valence-corrected chi connectivity index (χ1v) is 10.2. The zero-order valence-corrected chi connectivity index (χ0v) is 16.9. The van der Waals surface area contributed by atoms with E-state index in [4.69, 9.17) is 4.74 Å². The average molecular weight is 383 g/mol. The highest BCUT2D eigenvalue weighted by atomic mass is 16.5. The smallest absolute Gasteiger partial charge is 0.354 e. The number of hydrogen-bond acceptors (Lipinski definition) is 5. The molecule has 0 heterocycles. The molecule has 0 saturated heterocycles. The molecule has 0 spiro atoms. The summed E-state index contributed by atoms with van der Waals surface area (Å²) < 4.78 is 9.49. The fraction of sp³-hybridized carbons (Fsp3) is 0.565. The second-order valence-electron chi connectivity index (χ2n) is 8.93. The first-order valence-electron chi connectivity index (χ1n) is 10.2. The summed E-state index contributed by atoms with van der Waals surface area (Å²) >= 11 is 0. The van der Waals surface area contributed by atoms with Gasteiger partial charge in [0, 0.05) is 5.69 Å². The minimum absolute atomic E-state index is 0.0834. The van der Waals surface area contributed by atoms with Crippen molar-refractivity contribution in [3.8, 4) is 0 Å². The van der Waals surface area contributed by atoms with Gasteiger partial charge < -0.3 is 14.8 Å². The number of methoxy groups -OCH3 is 2. The van der Waals surface area contributed by atoms with Gasteiger partial charge >= 0.3 is 11.9 Å². The summed E-state index contributed by atoms with van der Waals surface area (Å²) in [4.78, 5) is 23.8. The van der Waals surface area contributed by atoms with Crippen molar-refractivity contribution in [1.82, 2.24) is 0 Å². The second-order valence-corrected chi connectivity index (χ2v) is 8.93. The van der Waals surface area contributed by atoms with E-state index < -0.39 is 11.9 Å². The van der Waals surface area contributed by atoms with Gasteiger partial charge in [0.15, 0.2) is 0 Å². The second kappa shape index (κ2) is 7.26. The quantitative estimate of drug-likeness (QED) is 0.612. The third-order valence-electron chi connectivity index (χ3n) is 7.03. The fourth-order valence-electron chi connectivity index (χ4n) is 6.13. The molecular formula is C23H29NO4. The summed E-state index contributed by atoms with van der Waals surface area (Å²) in [7, 11) is 2.58. The number of aryl methyl sites for hydroxylation is 1. The molecule has 4 aliphatic rings. The molecule has 1 aromatic rings. The zero-order valence-electron chi connectivity index (χ0n) is 16.9. The highest BCUT2D eigenvalue weighted by molar-refractivity contribution is 5.98. The van der Waals surface area contributed by atoms with E-state index in [-0.39, 0.29) is 11.1 Å². The van der Waals surface area contributed by atoms with Gasteiger partial charge in [0.2, 0.25) is 0 Å². The third kappa shape index (κ3) is 3.43. The van der Waals surface area contributed by atoms with Gasteiger partial charge in [-0.25, -0.2) is 9.59 Å². The molecule has 0 radical (unpaired) electrons. The van der Waals surface area contributed by atoms with Crippen molar-refractivity contribution in [3.05, 3.63) is 41.1 Å². The highest BCUT2D eigenvalue weighted by Gasteiger charge is 2.51. The number of rotatable bonds is 5. The largest absolute Gasteiger partial charge is 0.466 e. The number of anilines is 1. The topological polar surface area (TPSA) is 64.6 Å². The van der Waals surface area contributed by atoms with Gasteiger partial charge in [-0.05, 0) is 85.8 Å². The van der Waals surface area contributed by atoms with Crippen molar-refractivity contribution in [1.29, 1.82) is 0 Å². The summed E-state index contributed by atoms with van der Waals surface area (Å²) in [5, 5.41) is 3.12. The maximum absolute atomic E-state index is 12.1. The lowest BCUT2D eigenvalue weighted by atomic mass is 9.48. The fourth-order valence-corrected chi connectivity index (χ4v) is 6.13. The van der Waals surface area contributed by atoms with Crippen molar-refractivity contribution in [2.75, 3.05) is 19.5 Å². The van der Waals surface area contributed by atoms with Crippen molar-refractivity contribution >= 4 is 17.6 Å². The first-order chi connectivity index (χ1) is 13.4. The lowest BCUT2D eigenvalue weighted by molar-refractivity contribution is -0.138. The maximum Gasteiger partial charge on any atom is 0.354 e. The molecule has 4 bridgehead atoms. The Kier molecular flexibility index (Phi) is 4.94. The molecule has 0 amide bonds. The van der Waals surface area contributed by atoms with Crippen LogP contribution in [0.5, 0.6) is 0 Å². The Balaban J connectivity index is 1.65. The Labute approximate surface area is 166 Å². The molecule has 28 heavy (non-hydrogen) atoms. The van der Waals surface area contributed by atoms with Crippen molar-refractivity contribution in [2.24, 2.45) is 17.8 Å². The minimum atomic E-state index is -0.595. The predicted octanol–water partition coefficient (Wildman–Crippen LogP) is 4.10. The van der Waals surface area contributed by atoms with Gasteiger partial charge in [0.1, 0.15) is 5.70 Å². The van der Waals surface area contributed by atoms with Crippen molar-refractivity contribution in [3.63, 3.8) is 0 Å². The van der Waals surface area contributed by atoms with Gasteiger partial charge in [0.25, 0.3) is 0 Å². The van der Waals surface area contributed by atoms with E-state index in [1.807, 2.05) is 6.92 Å². The molecule has 4 saturated carbocycles. The predicted molar refractivity (Wildman–Crippen MR) is 107 cm³/mol. The average Bonchev–Trinajstić information content (AvgIpc) is 2.67. The number of ether oxygens (including phenoxy) is 2. The van der Waals surface area contributed by atoms with Crippen LogP contribution in [0.3, 0.4) is 0 Å². The van der Waals surface area contributed by atoms with E-state index in [0.29, 0.717) is 0 Å². The molecule has 0 atom stereocenters. The van der Waals surface area contributed by atoms with Crippen LogP contribution >= 0.6 is 0 Å². The van der Waals surface area contributed by atoms with Crippen molar-refractivity contribution < 1.29 is 19.1 Å². The SMILES string of the molecule is COC(=O)/C=C(/Nc1cc(C23CC4CC(CC(C4)C2)C3)ccc1C)C(=O)OC. The molecule has 0 aliphatic heterocycles. The first kappa shape index (κ1) is 19.0. The van der Waals surface area contributed by atoms with Crippen LogP contribution in [0.25, 0.3) is 0 Å². The van der Waals surface area contributed by atoms with Gasteiger partial charge in [-0.3, -0.25) is 0 Å². The molecule has 5 rings (SSSR count). The van der Waals surface area contributed by atoms with E-state index in [9.17, 15) is 9.59 Å².